The SMILES string of the molecule is CCO[C@H](Cc1ccc(CC[C@H](C(=O)NCc2ccccc2)c2ccccc2)cc1)C(=O)O. The van der Waals surface area contributed by atoms with E-state index >= 15 is 0 Å². The van der Waals surface area contributed by atoms with Gasteiger partial charge in [-0.2, -0.15) is 0 Å². The molecule has 0 aliphatic heterocycles. The Labute approximate surface area is 195 Å². The van der Waals surface area contributed by atoms with Crippen molar-refractivity contribution >= 4 is 11.9 Å². The molecule has 0 unspecified atom stereocenters. The molecule has 0 fully saturated rings. The Bertz CT molecular complexity index is 1000. The van der Waals surface area contributed by atoms with E-state index in [1.54, 1.807) is 6.92 Å². The van der Waals surface area contributed by atoms with E-state index in [2.05, 4.69) is 5.32 Å². The molecule has 1 amide bonds. The largest absolute Gasteiger partial charge is 0.479 e. The van der Waals surface area contributed by atoms with Gasteiger partial charge in [-0.3, -0.25) is 4.79 Å². The number of hydrogen-bond donors (Lipinski definition) is 2. The number of carboxylic acids is 1. The highest BCUT2D eigenvalue weighted by atomic mass is 16.5. The molecule has 0 bridgehead atoms. The lowest BCUT2D eigenvalue weighted by molar-refractivity contribution is -0.149. The van der Waals surface area contributed by atoms with Gasteiger partial charge in [0, 0.05) is 19.6 Å². The fraction of sp³-hybridized carbons (Fsp3) is 0.286. The van der Waals surface area contributed by atoms with Crippen molar-refractivity contribution in [2.75, 3.05) is 6.61 Å². The Kier molecular flexibility index (Phi) is 9.21. The number of carbonyl (C=O) groups excluding carboxylic acids is 1. The van der Waals surface area contributed by atoms with Crippen LogP contribution < -0.4 is 5.32 Å². The van der Waals surface area contributed by atoms with Gasteiger partial charge >= 0.3 is 5.97 Å². The van der Waals surface area contributed by atoms with Crippen molar-refractivity contribution in [3.05, 3.63) is 107 Å². The Hall–Kier alpha value is -3.44. The molecule has 0 heterocycles. The van der Waals surface area contributed by atoms with E-state index in [4.69, 9.17) is 4.74 Å². The predicted molar refractivity (Wildman–Crippen MR) is 129 cm³/mol. The molecule has 0 radical (unpaired) electrons. The van der Waals surface area contributed by atoms with Gasteiger partial charge in [0.15, 0.2) is 6.10 Å². The third kappa shape index (κ3) is 7.58. The van der Waals surface area contributed by atoms with Crippen LogP contribution in [-0.2, 0) is 33.7 Å². The molecule has 2 N–H and O–H groups in total. The molecule has 3 aromatic carbocycles. The van der Waals surface area contributed by atoms with E-state index in [1.165, 1.54) is 0 Å². The van der Waals surface area contributed by atoms with Gasteiger partial charge in [-0.1, -0.05) is 84.9 Å². The highest BCUT2D eigenvalue weighted by molar-refractivity contribution is 5.83. The number of carboxylic acid groups (broad SMARTS) is 1. The molecule has 3 rings (SSSR count). The summed E-state index contributed by atoms with van der Waals surface area (Å²) in [5.74, 6) is -1.18. The molecule has 0 spiro atoms. The Morgan fingerprint density at radius 3 is 2.06 bits per heavy atom. The van der Waals surface area contributed by atoms with Crippen LogP contribution in [-0.4, -0.2) is 29.7 Å². The molecule has 0 saturated carbocycles. The lowest BCUT2D eigenvalue weighted by atomic mass is 9.91. The van der Waals surface area contributed by atoms with Gasteiger partial charge in [0.1, 0.15) is 0 Å². The zero-order chi connectivity index (χ0) is 23.5. The number of ether oxygens (including phenoxy) is 1. The fourth-order valence-electron chi connectivity index (χ4n) is 3.83. The first-order valence-electron chi connectivity index (χ1n) is 11.4. The highest BCUT2D eigenvalue weighted by Crippen LogP contribution is 2.23. The maximum Gasteiger partial charge on any atom is 0.333 e. The first-order valence-corrected chi connectivity index (χ1v) is 11.4. The van der Waals surface area contributed by atoms with Crippen molar-refractivity contribution in [3.63, 3.8) is 0 Å². The number of benzene rings is 3. The van der Waals surface area contributed by atoms with Crippen LogP contribution in [0.15, 0.2) is 84.9 Å². The fourth-order valence-corrected chi connectivity index (χ4v) is 3.83. The van der Waals surface area contributed by atoms with Crippen molar-refractivity contribution < 1.29 is 19.4 Å². The number of aliphatic carboxylic acids is 1. The molecule has 172 valence electrons. The van der Waals surface area contributed by atoms with Crippen molar-refractivity contribution in [3.8, 4) is 0 Å². The van der Waals surface area contributed by atoms with Crippen molar-refractivity contribution in [2.45, 2.75) is 44.8 Å². The molecule has 0 saturated heterocycles. The van der Waals surface area contributed by atoms with Crippen LogP contribution in [0.5, 0.6) is 0 Å². The van der Waals surface area contributed by atoms with E-state index in [9.17, 15) is 14.7 Å². The summed E-state index contributed by atoms with van der Waals surface area (Å²) in [6.45, 7) is 2.66. The Balaban J connectivity index is 1.63. The van der Waals surface area contributed by atoms with E-state index < -0.39 is 12.1 Å². The Morgan fingerprint density at radius 1 is 0.848 bits per heavy atom. The number of aryl methyl sites for hydroxylation is 1. The predicted octanol–water partition coefficient (Wildman–Crippen LogP) is 4.75. The van der Waals surface area contributed by atoms with E-state index in [1.807, 2.05) is 84.9 Å². The van der Waals surface area contributed by atoms with Crippen LogP contribution in [0, 0.1) is 0 Å². The second-order valence-corrected chi connectivity index (χ2v) is 8.01. The summed E-state index contributed by atoms with van der Waals surface area (Å²) in [5.41, 5.74) is 4.10. The summed E-state index contributed by atoms with van der Waals surface area (Å²) < 4.78 is 5.30. The monoisotopic (exact) mass is 445 g/mol. The molecule has 3 aromatic rings. The number of nitrogens with one attached hydrogen (secondary N) is 1. The third-order valence-electron chi connectivity index (χ3n) is 5.64. The average molecular weight is 446 g/mol. The van der Waals surface area contributed by atoms with Gasteiger partial charge in [-0.05, 0) is 42.0 Å². The van der Waals surface area contributed by atoms with Gasteiger partial charge in [0.25, 0.3) is 0 Å². The smallest absolute Gasteiger partial charge is 0.333 e. The van der Waals surface area contributed by atoms with E-state index in [-0.39, 0.29) is 11.8 Å². The maximum atomic E-state index is 13.1. The number of carbonyl (C=O) groups is 2. The van der Waals surface area contributed by atoms with Gasteiger partial charge in [0.05, 0.1) is 5.92 Å². The lowest BCUT2D eigenvalue weighted by Gasteiger charge is -2.18. The minimum Gasteiger partial charge on any atom is -0.479 e. The van der Waals surface area contributed by atoms with Crippen LogP contribution in [0.25, 0.3) is 0 Å². The van der Waals surface area contributed by atoms with Crippen molar-refractivity contribution in [1.29, 1.82) is 0 Å². The zero-order valence-corrected chi connectivity index (χ0v) is 18.9. The van der Waals surface area contributed by atoms with E-state index in [0.717, 1.165) is 28.7 Å². The summed E-state index contributed by atoms with van der Waals surface area (Å²) in [6, 6.07) is 27.6. The van der Waals surface area contributed by atoms with Gasteiger partial charge in [-0.15, -0.1) is 0 Å². The number of amides is 1. The van der Waals surface area contributed by atoms with Crippen LogP contribution in [0.4, 0.5) is 0 Å². The average Bonchev–Trinajstić information content (AvgIpc) is 2.85. The topological polar surface area (TPSA) is 75.6 Å². The summed E-state index contributed by atoms with van der Waals surface area (Å²) in [4.78, 5) is 24.4. The normalized spacial score (nSPS) is 12.6. The van der Waals surface area contributed by atoms with Gasteiger partial charge in [0.2, 0.25) is 5.91 Å². The highest BCUT2D eigenvalue weighted by Gasteiger charge is 2.21. The molecule has 5 nitrogen and oxygen atoms in total. The minimum atomic E-state index is -0.951. The quantitative estimate of drug-likeness (QED) is 0.422. The lowest BCUT2D eigenvalue weighted by Crippen LogP contribution is -2.29. The van der Waals surface area contributed by atoms with E-state index in [0.29, 0.717) is 26.0 Å². The van der Waals surface area contributed by atoms with Gasteiger partial charge < -0.3 is 15.2 Å². The van der Waals surface area contributed by atoms with Crippen LogP contribution in [0.2, 0.25) is 0 Å². The number of hydrogen-bond acceptors (Lipinski definition) is 3. The molecule has 0 aromatic heterocycles. The standard InChI is InChI=1S/C28H31NO4/c1-2-33-26(28(31)32)19-22-15-13-21(14-16-22)17-18-25(24-11-7-4-8-12-24)27(30)29-20-23-9-5-3-6-10-23/h3-16,25-26H,2,17-20H2,1H3,(H,29,30)(H,31,32)/t25-,26+/m0/s1. The molecule has 2 atom stereocenters. The molecular weight excluding hydrogens is 414 g/mol. The van der Waals surface area contributed by atoms with Crippen molar-refractivity contribution in [1.82, 2.24) is 5.32 Å². The van der Waals surface area contributed by atoms with Crippen LogP contribution in [0.1, 0.15) is 41.5 Å². The molecule has 0 aliphatic rings. The van der Waals surface area contributed by atoms with Crippen molar-refractivity contribution in [2.24, 2.45) is 0 Å². The second kappa shape index (κ2) is 12.6. The summed E-state index contributed by atoms with van der Waals surface area (Å²) >= 11 is 0. The molecule has 5 heteroatoms. The Morgan fingerprint density at radius 2 is 1.45 bits per heavy atom. The first-order chi connectivity index (χ1) is 16.1. The minimum absolute atomic E-state index is 0.0164. The maximum absolute atomic E-state index is 13.1. The molecular formula is C28H31NO4. The zero-order valence-electron chi connectivity index (χ0n) is 18.9. The van der Waals surface area contributed by atoms with Crippen LogP contribution >= 0.6 is 0 Å². The summed E-state index contributed by atoms with van der Waals surface area (Å²) in [7, 11) is 0. The number of rotatable bonds is 12. The first kappa shape index (κ1) is 24.2. The second-order valence-electron chi connectivity index (χ2n) is 8.01. The van der Waals surface area contributed by atoms with Crippen LogP contribution in [0.3, 0.4) is 0 Å². The summed E-state index contributed by atoms with van der Waals surface area (Å²) in [5, 5.41) is 12.4. The molecule has 0 aliphatic carbocycles. The van der Waals surface area contributed by atoms with Gasteiger partial charge in [-0.25, -0.2) is 4.79 Å². The molecule has 33 heavy (non-hydrogen) atoms. The summed E-state index contributed by atoms with van der Waals surface area (Å²) in [6.07, 6.45) is 0.919. The third-order valence-corrected chi connectivity index (χ3v) is 5.64.